The van der Waals surface area contributed by atoms with Crippen molar-refractivity contribution in [2.24, 2.45) is 17.8 Å². The van der Waals surface area contributed by atoms with E-state index in [4.69, 9.17) is 0 Å². The van der Waals surface area contributed by atoms with Crippen LogP contribution in [0.1, 0.15) is 25.7 Å². The molecule has 2 atom stereocenters. The predicted octanol–water partition coefficient (Wildman–Crippen LogP) is 0.921. The number of fused-ring (bicyclic) bond motifs is 2. The summed E-state index contributed by atoms with van der Waals surface area (Å²) >= 11 is 0. The molecule has 2 bridgehead atoms. The monoisotopic (exact) mass is 151 g/mol. The zero-order valence-corrected chi connectivity index (χ0v) is 6.55. The van der Waals surface area contributed by atoms with E-state index in [0.29, 0.717) is 17.9 Å². The molecule has 0 aromatic carbocycles. The van der Waals surface area contributed by atoms with Crippen molar-refractivity contribution in [1.82, 2.24) is 5.32 Å². The van der Waals surface area contributed by atoms with Crippen LogP contribution in [-0.4, -0.2) is 11.9 Å². The predicted molar refractivity (Wildman–Crippen MR) is 40.9 cm³/mol. The summed E-state index contributed by atoms with van der Waals surface area (Å²) in [4.78, 5) is 11.1. The Morgan fingerprint density at radius 3 is 2.18 bits per heavy atom. The second-order valence-corrected chi connectivity index (χ2v) is 4.24. The fraction of sp³-hybridized carbons (Fsp3) is 0.889. The zero-order chi connectivity index (χ0) is 7.42. The van der Waals surface area contributed by atoms with E-state index in [-0.39, 0.29) is 0 Å². The number of β-lactam (4-membered cyclic amide) rings is 1. The minimum Gasteiger partial charge on any atom is -0.352 e. The summed E-state index contributed by atoms with van der Waals surface area (Å²) in [5.41, 5.74) is 0. The van der Waals surface area contributed by atoms with E-state index in [1.165, 1.54) is 25.7 Å². The zero-order valence-electron chi connectivity index (χ0n) is 6.55. The van der Waals surface area contributed by atoms with Crippen LogP contribution in [-0.2, 0) is 4.79 Å². The van der Waals surface area contributed by atoms with Gasteiger partial charge in [-0.05, 0) is 37.5 Å². The number of rotatable bonds is 0. The van der Waals surface area contributed by atoms with Crippen molar-refractivity contribution in [2.45, 2.75) is 31.7 Å². The molecule has 4 rings (SSSR count). The molecule has 1 amide bonds. The maximum Gasteiger partial charge on any atom is 0.225 e. The molecule has 2 heteroatoms. The lowest BCUT2D eigenvalue weighted by Crippen LogP contribution is -2.67. The van der Waals surface area contributed by atoms with Crippen LogP contribution in [0.3, 0.4) is 0 Å². The van der Waals surface area contributed by atoms with Gasteiger partial charge in [0.15, 0.2) is 0 Å². The van der Waals surface area contributed by atoms with Crippen LogP contribution in [0.15, 0.2) is 0 Å². The van der Waals surface area contributed by atoms with Crippen molar-refractivity contribution >= 4 is 5.91 Å². The van der Waals surface area contributed by atoms with E-state index in [2.05, 4.69) is 5.32 Å². The van der Waals surface area contributed by atoms with Gasteiger partial charge in [-0.1, -0.05) is 0 Å². The van der Waals surface area contributed by atoms with Crippen LogP contribution < -0.4 is 5.32 Å². The first-order valence-electron chi connectivity index (χ1n) is 4.66. The maximum absolute atomic E-state index is 11.1. The Bertz CT molecular complexity index is 204. The Balaban J connectivity index is 1.91. The minimum absolute atomic E-state index is 0.337. The van der Waals surface area contributed by atoms with Gasteiger partial charge in [-0.2, -0.15) is 0 Å². The first-order valence-corrected chi connectivity index (χ1v) is 4.66. The molecule has 60 valence electrons. The molecule has 0 spiro atoms. The lowest BCUT2D eigenvalue weighted by Gasteiger charge is -2.54. The van der Waals surface area contributed by atoms with E-state index in [1.54, 1.807) is 0 Å². The van der Waals surface area contributed by atoms with E-state index >= 15 is 0 Å². The molecule has 3 aliphatic carbocycles. The van der Waals surface area contributed by atoms with E-state index in [1.807, 2.05) is 0 Å². The third kappa shape index (κ3) is 0.608. The van der Waals surface area contributed by atoms with Gasteiger partial charge in [0.2, 0.25) is 5.91 Å². The largest absolute Gasteiger partial charge is 0.352 e. The van der Waals surface area contributed by atoms with Gasteiger partial charge in [0.05, 0.1) is 5.92 Å². The summed E-state index contributed by atoms with van der Waals surface area (Å²) in [5, 5.41) is 3.04. The van der Waals surface area contributed by atoms with E-state index in [9.17, 15) is 4.79 Å². The van der Waals surface area contributed by atoms with Crippen molar-refractivity contribution in [2.75, 3.05) is 0 Å². The third-order valence-corrected chi connectivity index (χ3v) is 3.83. The summed E-state index contributed by atoms with van der Waals surface area (Å²) in [6.45, 7) is 0. The molecule has 0 aromatic heterocycles. The molecular formula is C9H13NO. The molecular weight excluding hydrogens is 138 g/mol. The Kier molecular flexibility index (Phi) is 0.984. The van der Waals surface area contributed by atoms with Crippen molar-refractivity contribution in [3.05, 3.63) is 0 Å². The molecule has 4 fully saturated rings. The lowest BCUT2D eigenvalue weighted by atomic mass is 9.58. The van der Waals surface area contributed by atoms with Crippen LogP contribution in [0.5, 0.6) is 0 Å². The number of carbonyl (C=O) groups is 1. The summed E-state index contributed by atoms with van der Waals surface area (Å²) in [7, 11) is 0. The standard InChI is InChI=1S/C9H13NO/c11-9-7-5-1-3-6(4-2-5)8(7)10-9/h5-8H,1-4H2,(H,10,11). The first-order chi connectivity index (χ1) is 5.36. The fourth-order valence-electron chi connectivity index (χ4n) is 3.20. The van der Waals surface area contributed by atoms with Crippen molar-refractivity contribution < 1.29 is 4.79 Å². The highest BCUT2D eigenvalue weighted by atomic mass is 16.2. The number of amides is 1. The Hall–Kier alpha value is -0.530. The van der Waals surface area contributed by atoms with Gasteiger partial charge in [-0.25, -0.2) is 0 Å². The molecule has 1 aliphatic heterocycles. The molecule has 11 heavy (non-hydrogen) atoms. The van der Waals surface area contributed by atoms with Crippen LogP contribution in [0, 0.1) is 17.8 Å². The Labute approximate surface area is 66.4 Å². The quantitative estimate of drug-likeness (QED) is 0.512. The van der Waals surface area contributed by atoms with Gasteiger partial charge in [0.1, 0.15) is 0 Å². The fourth-order valence-corrected chi connectivity index (χ4v) is 3.20. The van der Waals surface area contributed by atoms with Crippen molar-refractivity contribution in [3.63, 3.8) is 0 Å². The molecule has 2 nitrogen and oxygen atoms in total. The summed E-state index contributed by atoms with van der Waals surface area (Å²) in [6.07, 6.45) is 5.37. The number of hydrogen-bond donors (Lipinski definition) is 1. The minimum atomic E-state index is 0.337. The third-order valence-electron chi connectivity index (χ3n) is 3.83. The molecule has 2 unspecified atom stereocenters. The normalized spacial score (nSPS) is 52.9. The molecule has 4 aliphatic rings. The first kappa shape index (κ1) is 6.04. The number of hydrogen-bond acceptors (Lipinski definition) is 1. The van der Waals surface area contributed by atoms with Crippen LogP contribution in [0.25, 0.3) is 0 Å². The molecule has 1 N–H and O–H groups in total. The molecule has 1 heterocycles. The second kappa shape index (κ2) is 1.79. The molecule has 0 radical (unpaired) electrons. The summed E-state index contributed by atoms with van der Waals surface area (Å²) in [5.74, 6) is 2.35. The average Bonchev–Trinajstić information content (AvgIpc) is 2.03. The van der Waals surface area contributed by atoms with Crippen molar-refractivity contribution in [3.8, 4) is 0 Å². The van der Waals surface area contributed by atoms with Gasteiger partial charge in [0, 0.05) is 6.04 Å². The topological polar surface area (TPSA) is 29.1 Å². The van der Waals surface area contributed by atoms with Gasteiger partial charge >= 0.3 is 0 Å². The van der Waals surface area contributed by atoms with Crippen LogP contribution in [0.4, 0.5) is 0 Å². The average molecular weight is 151 g/mol. The lowest BCUT2D eigenvalue weighted by molar-refractivity contribution is -0.147. The molecule has 1 saturated heterocycles. The van der Waals surface area contributed by atoms with Gasteiger partial charge in [0.25, 0.3) is 0 Å². The van der Waals surface area contributed by atoms with Crippen LogP contribution >= 0.6 is 0 Å². The second-order valence-electron chi connectivity index (χ2n) is 4.24. The highest BCUT2D eigenvalue weighted by molar-refractivity contribution is 5.86. The summed E-state index contributed by atoms with van der Waals surface area (Å²) in [6, 6.07) is 0.593. The smallest absolute Gasteiger partial charge is 0.225 e. The Morgan fingerprint density at radius 1 is 1.09 bits per heavy atom. The maximum atomic E-state index is 11.1. The Morgan fingerprint density at radius 2 is 1.73 bits per heavy atom. The summed E-state index contributed by atoms with van der Waals surface area (Å²) < 4.78 is 0. The van der Waals surface area contributed by atoms with Gasteiger partial charge in [-0.3, -0.25) is 4.79 Å². The van der Waals surface area contributed by atoms with Gasteiger partial charge in [-0.15, -0.1) is 0 Å². The number of carbonyl (C=O) groups excluding carboxylic acids is 1. The van der Waals surface area contributed by atoms with Crippen LogP contribution in [0.2, 0.25) is 0 Å². The van der Waals surface area contributed by atoms with E-state index in [0.717, 1.165) is 11.8 Å². The highest BCUT2D eigenvalue weighted by Crippen LogP contribution is 2.48. The highest BCUT2D eigenvalue weighted by Gasteiger charge is 2.53. The molecule has 0 aromatic rings. The van der Waals surface area contributed by atoms with Crippen molar-refractivity contribution in [1.29, 1.82) is 0 Å². The number of nitrogens with one attached hydrogen (secondary N) is 1. The molecule has 3 saturated carbocycles. The van der Waals surface area contributed by atoms with Gasteiger partial charge < -0.3 is 5.32 Å². The van der Waals surface area contributed by atoms with E-state index < -0.39 is 0 Å². The SMILES string of the molecule is O=C1NC2C3CCC(CC3)C12.